The molecule has 3 nitrogen and oxygen atoms in total. The fourth-order valence-corrected chi connectivity index (χ4v) is 1.93. The van der Waals surface area contributed by atoms with Gasteiger partial charge in [-0.3, -0.25) is 4.79 Å². The van der Waals surface area contributed by atoms with Crippen molar-refractivity contribution < 1.29 is 4.79 Å². The molecular formula is C11H18N2O. The van der Waals surface area contributed by atoms with Gasteiger partial charge in [-0.25, -0.2) is 0 Å². The monoisotopic (exact) mass is 194 g/mol. The maximum absolute atomic E-state index is 10.8. The van der Waals surface area contributed by atoms with Crippen LogP contribution in [0, 0.1) is 18.3 Å². The molecule has 1 saturated carbocycles. The molecule has 0 saturated heterocycles. The van der Waals surface area contributed by atoms with Crippen molar-refractivity contribution in [3.8, 4) is 12.3 Å². The molecule has 3 N–H and O–H groups in total. The summed E-state index contributed by atoms with van der Waals surface area (Å²) in [6.45, 7) is 1.79. The first kappa shape index (κ1) is 11.1. The summed E-state index contributed by atoms with van der Waals surface area (Å²) in [7, 11) is 0. The lowest BCUT2D eigenvalue weighted by molar-refractivity contribution is -0.119. The van der Waals surface area contributed by atoms with E-state index in [-0.39, 0.29) is 11.9 Å². The standard InChI is InChI=1S/C11H18N2O/c1-3-9-5-4-6-10(7-9)13-8(2)11(12)14/h1,8-10,13H,4-7H2,2H3,(H2,12,14). The van der Waals surface area contributed by atoms with Gasteiger partial charge in [-0.2, -0.15) is 0 Å². The van der Waals surface area contributed by atoms with Gasteiger partial charge < -0.3 is 11.1 Å². The van der Waals surface area contributed by atoms with Crippen LogP contribution in [0.3, 0.4) is 0 Å². The van der Waals surface area contributed by atoms with Gasteiger partial charge in [0.25, 0.3) is 0 Å². The number of terminal acetylenes is 1. The van der Waals surface area contributed by atoms with Gasteiger partial charge in [-0.05, 0) is 26.2 Å². The minimum absolute atomic E-state index is 0.253. The van der Waals surface area contributed by atoms with Crippen LogP contribution < -0.4 is 11.1 Å². The van der Waals surface area contributed by atoms with E-state index in [1.807, 2.05) is 0 Å². The number of hydrogen-bond donors (Lipinski definition) is 2. The zero-order valence-corrected chi connectivity index (χ0v) is 8.62. The van der Waals surface area contributed by atoms with Crippen molar-refractivity contribution in [2.75, 3.05) is 0 Å². The molecule has 0 aliphatic heterocycles. The largest absolute Gasteiger partial charge is 0.368 e. The van der Waals surface area contributed by atoms with Crippen molar-refractivity contribution >= 4 is 5.91 Å². The average Bonchev–Trinajstić information content (AvgIpc) is 2.18. The third-order valence-corrected chi connectivity index (χ3v) is 2.82. The second-order valence-electron chi connectivity index (χ2n) is 4.02. The number of carbonyl (C=O) groups excluding carboxylic acids is 1. The molecule has 1 aliphatic rings. The zero-order valence-electron chi connectivity index (χ0n) is 8.62. The lowest BCUT2D eigenvalue weighted by atomic mass is 9.86. The molecule has 3 unspecified atom stereocenters. The third-order valence-electron chi connectivity index (χ3n) is 2.82. The van der Waals surface area contributed by atoms with Crippen molar-refractivity contribution in [1.29, 1.82) is 0 Å². The summed E-state index contributed by atoms with van der Waals surface area (Å²) in [6, 6.07) is 0.101. The quantitative estimate of drug-likeness (QED) is 0.648. The summed E-state index contributed by atoms with van der Waals surface area (Å²) in [5, 5.41) is 3.21. The number of amides is 1. The van der Waals surface area contributed by atoms with Gasteiger partial charge in [0, 0.05) is 12.0 Å². The highest BCUT2D eigenvalue weighted by molar-refractivity contribution is 5.79. The molecule has 0 radical (unpaired) electrons. The molecule has 0 aromatic heterocycles. The van der Waals surface area contributed by atoms with Gasteiger partial charge in [-0.1, -0.05) is 6.42 Å². The summed E-state index contributed by atoms with van der Waals surface area (Å²) in [5.74, 6) is 2.84. The molecular weight excluding hydrogens is 176 g/mol. The Morgan fingerprint density at radius 1 is 1.64 bits per heavy atom. The Hall–Kier alpha value is -1.01. The Balaban J connectivity index is 2.38. The SMILES string of the molecule is C#CC1CCCC(NC(C)C(N)=O)C1. The van der Waals surface area contributed by atoms with Crippen LogP contribution in [0.15, 0.2) is 0 Å². The molecule has 0 aromatic carbocycles. The minimum atomic E-state index is -0.298. The first-order valence-corrected chi connectivity index (χ1v) is 5.15. The van der Waals surface area contributed by atoms with Crippen LogP contribution in [0.2, 0.25) is 0 Å². The average molecular weight is 194 g/mol. The topological polar surface area (TPSA) is 55.1 Å². The van der Waals surface area contributed by atoms with Crippen molar-refractivity contribution in [2.24, 2.45) is 11.7 Å². The number of rotatable bonds is 3. The third kappa shape index (κ3) is 3.04. The Morgan fingerprint density at radius 3 is 2.93 bits per heavy atom. The molecule has 14 heavy (non-hydrogen) atoms. The summed E-state index contributed by atoms with van der Waals surface area (Å²) in [6.07, 6.45) is 9.69. The number of nitrogens with two attached hydrogens (primary N) is 1. The van der Waals surface area contributed by atoms with Gasteiger partial charge >= 0.3 is 0 Å². The Labute approximate surface area is 85.4 Å². The van der Waals surface area contributed by atoms with Crippen LogP contribution in [0.4, 0.5) is 0 Å². The second kappa shape index (κ2) is 5.02. The van der Waals surface area contributed by atoms with Crippen molar-refractivity contribution in [3.05, 3.63) is 0 Å². The smallest absolute Gasteiger partial charge is 0.234 e. The van der Waals surface area contributed by atoms with E-state index >= 15 is 0 Å². The van der Waals surface area contributed by atoms with Crippen LogP contribution in [0.5, 0.6) is 0 Å². The minimum Gasteiger partial charge on any atom is -0.368 e. The summed E-state index contributed by atoms with van der Waals surface area (Å²) in [4.78, 5) is 10.8. The van der Waals surface area contributed by atoms with Gasteiger partial charge in [0.05, 0.1) is 6.04 Å². The molecule has 3 heteroatoms. The highest BCUT2D eigenvalue weighted by Crippen LogP contribution is 2.23. The van der Waals surface area contributed by atoms with E-state index < -0.39 is 0 Å². The van der Waals surface area contributed by atoms with E-state index in [0.29, 0.717) is 12.0 Å². The molecule has 1 aliphatic carbocycles. The summed E-state index contributed by atoms with van der Waals surface area (Å²) >= 11 is 0. The zero-order chi connectivity index (χ0) is 10.6. The van der Waals surface area contributed by atoms with Gasteiger partial charge in [0.15, 0.2) is 0 Å². The van der Waals surface area contributed by atoms with Gasteiger partial charge in [0.2, 0.25) is 5.91 Å². The maximum Gasteiger partial charge on any atom is 0.234 e. The Kier molecular flexibility index (Phi) is 3.97. The van der Waals surface area contributed by atoms with Crippen LogP contribution in [-0.2, 0) is 4.79 Å². The number of carbonyl (C=O) groups is 1. The van der Waals surface area contributed by atoms with E-state index in [1.165, 1.54) is 0 Å². The summed E-state index contributed by atoms with van der Waals surface area (Å²) < 4.78 is 0. The lowest BCUT2D eigenvalue weighted by Crippen LogP contribution is -2.46. The van der Waals surface area contributed by atoms with E-state index in [1.54, 1.807) is 6.92 Å². The molecule has 1 amide bonds. The predicted octanol–water partition coefficient (Wildman–Crippen LogP) is 0.642. The number of primary amides is 1. The second-order valence-corrected chi connectivity index (χ2v) is 4.02. The normalized spacial score (nSPS) is 29.1. The van der Waals surface area contributed by atoms with E-state index in [4.69, 9.17) is 12.2 Å². The molecule has 0 bridgehead atoms. The van der Waals surface area contributed by atoms with Gasteiger partial charge in [0.1, 0.15) is 0 Å². The van der Waals surface area contributed by atoms with Crippen LogP contribution in [-0.4, -0.2) is 18.0 Å². The van der Waals surface area contributed by atoms with E-state index in [9.17, 15) is 4.79 Å². The van der Waals surface area contributed by atoms with Gasteiger partial charge in [-0.15, -0.1) is 12.3 Å². The first-order chi connectivity index (χ1) is 6.63. The molecule has 0 aromatic rings. The van der Waals surface area contributed by atoms with Crippen molar-refractivity contribution in [1.82, 2.24) is 5.32 Å². The van der Waals surface area contributed by atoms with Crippen LogP contribution >= 0.6 is 0 Å². The summed E-state index contributed by atoms with van der Waals surface area (Å²) in [5.41, 5.74) is 5.18. The molecule has 3 atom stereocenters. The fourth-order valence-electron chi connectivity index (χ4n) is 1.93. The first-order valence-electron chi connectivity index (χ1n) is 5.15. The fraction of sp³-hybridized carbons (Fsp3) is 0.727. The van der Waals surface area contributed by atoms with E-state index in [0.717, 1.165) is 25.7 Å². The molecule has 78 valence electrons. The van der Waals surface area contributed by atoms with Crippen molar-refractivity contribution in [3.63, 3.8) is 0 Å². The Bertz CT molecular complexity index is 244. The lowest BCUT2D eigenvalue weighted by Gasteiger charge is -2.28. The Morgan fingerprint density at radius 2 is 2.36 bits per heavy atom. The number of hydrogen-bond acceptors (Lipinski definition) is 2. The number of nitrogens with one attached hydrogen (secondary N) is 1. The highest BCUT2D eigenvalue weighted by Gasteiger charge is 2.22. The molecule has 1 fully saturated rings. The molecule has 0 spiro atoms. The van der Waals surface area contributed by atoms with Crippen molar-refractivity contribution in [2.45, 2.75) is 44.7 Å². The van der Waals surface area contributed by atoms with E-state index in [2.05, 4.69) is 11.2 Å². The highest BCUT2D eigenvalue weighted by atomic mass is 16.1. The molecule has 0 heterocycles. The van der Waals surface area contributed by atoms with Crippen LogP contribution in [0.25, 0.3) is 0 Å². The predicted molar refractivity (Wildman–Crippen MR) is 56.4 cm³/mol. The van der Waals surface area contributed by atoms with Crippen LogP contribution in [0.1, 0.15) is 32.6 Å². The maximum atomic E-state index is 10.8. The molecule has 1 rings (SSSR count).